The Balaban J connectivity index is 1.51. The summed E-state index contributed by atoms with van der Waals surface area (Å²) in [5.41, 5.74) is 2.51. The van der Waals surface area contributed by atoms with Gasteiger partial charge in [-0.05, 0) is 24.0 Å². The number of ether oxygens (including phenoxy) is 1. The van der Waals surface area contributed by atoms with Gasteiger partial charge in [-0.25, -0.2) is 0 Å². The largest absolute Gasteiger partial charge is 0.377 e. The maximum atomic E-state index is 12.3. The first kappa shape index (κ1) is 18.1. The van der Waals surface area contributed by atoms with E-state index < -0.39 is 0 Å². The fourth-order valence-corrected chi connectivity index (χ4v) is 4.64. The Labute approximate surface area is 159 Å². The molecule has 0 spiro atoms. The lowest BCUT2D eigenvalue weighted by Crippen LogP contribution is -2.34. The fourth-order valence-electron chi connectivity index (χ4n) is 4.64. The van der Waals surface area contributed by atoms with Crippen LogP contribution < -0.4 is 0 Å². The van der Waals surface area contributed by atoms with E-state index in [1.54, 1.807) is 14.0 Å². The standard InChI is InChI=1S/C20H26N4O3/c1-13-6-4-5-7-16(13)20-17-10-23(8-15(17)9-24(20)14(2)25)11-19-21-18(12-26-3)22-27-19/h4-7,15,17,20H,8-12H2,1-3H3/t15-,17-,20+/m1/s1. The van der Waals surface area contributed by atoms with Gasteiger partial charge in [0.1, 0.15) is 6.61 Å². The summed E-state index contributed by atoms with van der Waals surface area (Å²) in [6.07, 6.45) is 0. The monoisotopic (exact) mass is 370 g/mol. The van der Waals surface area contributed by atoms with E-state index in [1.165, 1.54) is 11.1 Å². The van der Waals surface area contributed by atoms with E-state index in [0.29, 0.717) is 36.7 Å². The Morgan fingerprint density at radius 2 is 2.11 bits per heavy atom. The Kier molecular flexibility index (Phi) is 4.97. The van der Waals surface area contributed by atoms with Crippen LogP contribution in [0.25, 0.3) is 0 Å². The summed E-state index contributed by atoms with van der Waals surface area (Å²) in [5, 5.41) is 3.94. The van der Waals surface area contributed by atoms with Crippen molar-refractivity contribution < 1.29 is 14.1 Å². The van der Waals surface area contributed by atoms with Crippen molar-refractivity contribution >= 4 is 5.91 Å². The smallest absolute Gasteiger partial charge is 0.240 e. The number of hydrogen-bond acceptors (Lipinski definition) is 6. The number of aromatic nitrogens is 2. The Hall–Kier alpha value is -2.25. The molecule has 2 saturated heterocycles. The molecular formula is C20H26N4O3. The molecule has 0 bridgehead atoms. The molecule has 7 nitrogen and oxygen atoms in total. The average Bonchev–Trinajstić information content (AvgIpc) is 3.31. The van der Waals surface area contributed by atoms with Gasteiger partial charge in [0.25, 0.3) is 0 Å². The van der Waals surface area contributed by atoms with Gasteiger partial charge in [0.2, 0.25) is 11.8 Å². The molecule has 1 amide bonds. The first-order valence-corrected chi connectivity index (χ1v) is 9.42. The van der Waals surface area contributed by atoms with Crippen LogP contribution in [0.5, 0.6) is 0 Å². The highest BCUT2D eigenvalue weighted by atomic mass is 16.5. The third-order valence-corrected chi connectivity index (χ3v) is 5.79. The summed E-state index contributed by atoms with van der Waals surface area (Å²) in [6.45, 7) is 7.49. The van der Waals surface area contributed by atoms with Crippen LogP contribution >= 0.6 is 0 Å². The van der Waals surface area contributed by atoms with E-state index in [1.807, 2.05) is 0 Å². The zero-order valence-electron chi connectivity index (χ0n) is 16.1. The molecule has 144 valence electrons. The van der Waals surface area contributed by atoms with Gasteiger partial charge in [0, 0.05) is 39.6 Å². The van der Waals surface area contributed by atoms with Crippen molar-refractivity contribution in [3.8, 4) is 0 Å². The molecule has 3 atom stereocenters. The van der Waals surface area contributed by atoms with E-state index in [0.717, 1.165) is 19.6 Å². The molecule has 7 heteroatoms. The summed E-state index contributed by atoms with van der Waals surface area (Å²) in [4.78, 5) is 21.1. The molecule has 0 saturated carbocycles. The zero-order chi connectivity index (χ0) is 19.0. The number of amides is 1. The topological polar surface area (TPSA) is 71.7 Å². The summed E-state index contributed by atoms with van der Waals surface area (Å²) >= 11 is 0. The molecule has 2 aliphatic rings. The number of fused-ring (bicyclic) bond motifs is 1. The molecule has 0 radical (unpaired) electrons. The number of hydrogen-bond donors (Lipinski definition) is 0. The van der Waals surface area contributed by atoms with Crippen LogP contribution in [0.4, 0.5) is 0 Å². The van der Waals surface area contributed by atoms with Crippen LogP contribution in [-0.4, -0.2) is 52.6 Å². The van der Waals surface area contributed by atoms with Gasteiger partial charge < -0.3 is 14.2 Å². The van der Waals surface area contributed by atoms with Crippen molar-refractivity contribution in [1.82, 2.24) is 19.9 Å². The van der Waals surface area contributed by atoms with Crippen LogP contribution in [0.15, 0.2) is 28.8 Å². The van der Waals surface area contributed by atoms with Crippen molar-refractivity contribution in [2.24, 2.45) is 11.8 Å². The Morgan fingerprint density at radius 3 is 2.85 bits per heavy atom. The molecule has 1 aromatic carbocycles. The highest BCUT2D eigenvalue weighted by Gasteiger charge is 2.48. The highest BCUT2D eigenvalue weighted by molar-refractivity contribution is 5.74. The second kappa shape index (κ2) is 7.40. The number of aryl methyl sites for hydroxylation is 1. The minimum atomic E-state index is 0.144. The Bertz CT molecular complexity index is 821. The maximum Gasteiger partial charge on any atom is 0.240 e. The molecule has 27 heavy (non-hydrogen) atoms. The maximum absolute atomic E-state index is 12.3. The predicted molar refractivity (Wildman–Crippen MR) is 98.6 cm³/mol. The quantitative estimate of drug-likeness (QED) is 0.803. The second-order valence-electron chi connectivity index (χ2n) is 7.63. The Morgan fingerprint density at radius 1 is 1.30 bits per heavy atom. The second-order valence-corrected chi connectivity index (χ2v) is 7.63. The number of likely N-dealkylation sites (tertiary alicyclic amines) is 2. The summed E-state index contributed by atoms with van der Waals surface area (Å²) < 4.78 is 10.4. The van der Waals surface area contributed by atoms with Crippen molar-refractivity contribution in [3.05, 3.63) is 47.1 Å². The summed E-state index contributed by atoms with van der Waals surface area (Å²) in [6, 6.07) is 8.55. The molecule has 4 rings (SSSR count). The molecule has 1 aromatic heterocycles. The molecule has 2 fully saturated rings. The number of methoxy groups -OCH3 is 1. The third-order valence-electron chi connectivity index (χ3n) is 5.79. The van der Waals surface area contributed by atoms with E-state index in [4.69, 9.17) is 9.26 Å². The van der Waals surface area contributed by atoms with Gasteiger partial charge in [-0.3, -0.25) is 9.69 Å². The normalized spacial score (nSPS) is 25.1. The molecule has 0 N–H and O–H groups in total. The van der Waals surface area contributed by atoms with Crippen LogP contribution in [0.1, 0.15) is 35.8 Å². The minimum absolute atomic E-state index is 0.144. The number of carbonyl (C=O) groups excluding carboxylic acids is 1. The molecule has 0 unspecified atom stereocenters. The molecule has 3 heterocycles. The van der Waals surface area contributed by atoms with Crippen LogP contribution in [0.3, 0.4) is 0 Å². The lowest BCUT2D eigenvalue weighted by atomic mass is 9.87. The third kappa shape index (κ3) is 3.49. The summed E-state index contributed by atoms with van der Waals surface area (Å²) in [5.74, 6) is 2.26. The van der Waals surface area contributed by atoms with Gasteiger partial charge >= 0.3 is 0 Å². The minimum Gasteiger partial charge on any atom is -0.377 e. The van der Waals surface area contributed by atoms with E-state index in [-0.39, 0.29) is 11.9 Å². The molecular weight excluding hydrogens is 344 g/mol. The number of carbonyl (C=O) groups is 1. The lowest BCUT2D eigenvalue weighted by molar-refractivity contribution is -0.130. The van der Waals surface area contributed by atoms with E-state index >= 15 is 0 Å². The van der Waals surface area contributed by atoms with Gasteiger partial charge in [0.15, 0.2) is 5.82 Å². The van der Waals surface area contributed by atoms with Gasteiger partial charge in [0.05, 0.1) is 12.6 Å². The predicted octanol–water partition coefficient (Wildman–Crippen LogP) is 2.18. The van der Waals surface area contributed by atoms with E-state index in [9.17, 15) is 4.79 Å². The molecule has 2 aromatic rings. The van der Waals surface area contributed by atoms with Crippen molar-refractivity contribution in [2.75, 3.05) is 26.7 Å². The van der Waals surface area contributed by atoms with Crippen LogP contribution in [-0.2, 0) is 22.7 Å². The summed E-state index contributed by atoms with van der Waals surface area (Å²) in [7, 11) is 1.62. The van der Waals surface area contributed by atoms with Gasteiger partial charge in [-0.1, -0.05) is 29.4 Å². The fraction of sp³-hybridized carbons (Fsp3) is 0.550. The first-order chi connectivity index (χ1) is 13.1. The van der Waals surface area contributed by atoms with Crippen molar-refractivity contribution in [2.45, 2.75) is 33.0 Å². The molecule has 2 aliphatic heterocycles. The van der Waals surface area contributed by atoms with Crippen LogP contribution in [0.2, 0.25) is 0 Å². The van der Waals surface area contributed by atoms with E-state index in [2.05, 4.69) is 51.1 Å². The van der Waals surface area contributed by atoms with Gasteiger partial charge in [-0.2, -0.15) is 4.98 Å². The zero-order valence-corrected chi connectivity index (χ0v) is 16.1. The van der Waals surface area contributed by atoms with Crippen molar-refractivity contribution in [1.29, 1.82) is 0 Å². The van der Waals surface area contributed by atoms with Gasteiger partial charge in [-0.15, -0.1) is 0 Å². The number of benzene rings is 1. The average molecular weight is 370 g/mol. The number of rotatable bonds is 5. The van der Waals surface area contributed by atoms with Crippen LogP contribution in [0, 0.1) is 18.8 Å². The molecule has 0 aliphatic carbocycles. The SMILES string of the molecule is COCc1noc(CN2C[C@@H]3CN(C(C)=O)[C@@H](c4ccccc4C)[C@@H]3C2)n1. The highest BCUT2D eigenvalue weighted by Crippen LogP contribution is 2.45. The number of nitrogens with zero attached hydrogens (tertiary/aromatic N) is 4. The lowest BCUT2D eigenvalue weighted by Gasteiger charge is -2.30. The first-order valence-electron chi connectivity index (χ1n) is 9.42. The van der Waals surface area contributed by atoms with Crippen molar-refractivity contribution in [3.63, 3.8) is 0 Å².